The minimum absolute atomic E-state index is 0.186. The molecule has 0 aromatic carbocycles. The van der Waals surface area contributed by atoms with E-state index in [-0.39, 0.29) is 6.61 Å². The zero-order chi connectivity index (χ0) is 15.8. The van der Waals surface area contributed by atoms with Gasteiger partial charge in [-0.1, -0.05) is 57.1 Å². The molecule has 0 aromatic heterocycles. The first-order chi connectivity index (χ1) is 10.2. The molecule has 21 heavy (non-hydrogen) atoms. The number of hydrogen-bond acceptors (Lipinski definition) is 3. The van der Waals surface area contributed by atoms with Crippen molar-refractivity contribution in [1.82, 2.24) is 0 Å². The Hall–Kier alpha value is -0.820. The van der Waals surface area contributed by atoms with Crippen molar-refractivity contribution >= 4 is 0 Å². The van der Waals surface area contributed by atoms with E-state index in [1.54, 1.807) is 6.08 Å². The summed E-state index contributed by atoms with van der Waals surface area (Å²) in [6.07, 6.45) is 21.4. The summed E-state index contributed by atoms with van der Waals surface area (Å²) < 4.78 is 0. The molecule has 0 aliphatic carbocycles. The number of aliphatic hydroxyl groups excluding tert-OH is 2. The van der Waals surface area contributed by atoms with E-state index in [4.69, 9.17) is 17.3 Å². The fraction of sp³-hybridized carbons (Fsp3) is 0.778. The minimum Gasteiger partial charge on any atom is -0.395 e. The van der Waals surface area contributed by atoms with Crippen LogP contribution in [0, 0.1) is 12.3 Å². The molecular weight excluding hydrogens is 262 g/mol. The third kappa shape index (κ3) is 13.9. The maximum Gasteiger partial charge on any atom is 0.0894 e. The molecule has 3 heteroatoms. The van der Waals surface area contributed by atoms with Gasteiger partial charge in [-0.3, -0.25) is 0 Å². The molecule has 0 bridgehead atoms. The second kappa shape index (κ2) is 15.6. The van der Waals surface area contributed by atoms with Gasteiger partial charge in [0.25, 0.3) is 0 Å². The monoisotopic (exact) mass is 295 g/mol. The van der Waals surface area contributed by atoms with Crippen molar-refractivity contribution in [2.45, 2.75) is 82.8 Å². The van der Waals surface area contributed by atoms with Crippen LogP contribution in [0.5, 0.6) is 0 Å². The van der Waals surface area contributed by atoms with E-state index in [0.717, 1.165) is 19.3 Å². The van der Waals surface area contributed by atoms with Crippen molar-refractivity contribution < 1.29 is 10.2 Å². The number of rotatable bonds is 14. The van der Waals surface area contributed by atoms with Crippen molar-refractivity contribution in [3.8, 4) is 12.3 Å². The van der Waals surface area contributed by atoms with Crippen molar-refractivity contribution in [3.63, 3.8) is 0 Å². The summed E-state index contributed by atoms with van der Waals surface area (Å²) in [6.45, 7) is -0.186. The van der Waals surface area contributed by atoms with Crippen LogP contribution in [0.25, 0.3) is 0 Å². The van der Waals surface area contributed by atoms with Crippen LogP contribution in [0.3, 0.4) is 0 Å². The summed E-state index contributed by atoms with van der Waals surface area (Å²) in [5, 5.41) is 18.3. The van der Waals surface area contributed by atoms with Gasteiger partial charge in [0.15, 0.2) is 0 Å². The maximum atomic E-state index is 9.51. The van der Waals surface area contributed by atoms with Crippen molar-refractivity contribution in [1.29, 1.82) is 0 Å². The van der Waals surface area contributed by atoms with Crippen LogP contribution in [-0.2, 0) is 0 Å². The number of nitrogens with two attached hydrogens (primary N) is 1. The Bertz CT molecular complexity index is 283. The molecular formula is C18H33NO2. The first-order valence-corrected chi connectivity index (χ1v) is 8.37. The zero-order valence-electron chi connectivity index (χ0n) is 13.3. The van der Waals surface area contributed by atoms with Crippen LogP contribution in [0.15, 0.2) is 12.2 Å². The SMILES string of the molecule is C#CCCCCCCCCCCCC=CC(O)C(N)CO. The molecule has 0 aliphatic heterocycles. The highest BCUT2D eigenvalue weighted by molar-refractivity contribution is 4.93. The van der Waals surface area contributed by atoms with E-state index in [1.807, 2.05) is 6.08 Å². The summed E-state index contributed by atoms with van der Waals surface area (Å²) in [6, 6.07) is -0.568. The predicted octanol–water partition coefficient (Wildman–Crippen LogP) is 3.15. The molecule has 0 saturated heterocycles. The number of aliphatic hydroxyl groups is 2. The van der Waals surface area contributed by atoms with Gasteiger partial charge in [0, 0.05) is 6.42 Å². The molecule has 4 N–H and O–H groups in total. The average Bonchev–Trinajstić information content (AvgIpc) is 2.50. The standard InChI is InChI=1S/C18H33NO2/c1-2-3-4-5-6-7-8-9-10-11-12-13-14-15-18(21)17(19)16-20/h1,14-15,17-18,20-21H,3-13,16,19H2. The van der Waals surface area contributed by atoms with Crippen LogP contribution >= 0.6 is 0 Å². The van der Waals surface area contributed by atoms with Crippen LogP contribution < -0.4 is 5.73 Å². The third-order valence-electron chi connectivity index (χ3n) is 3.67. The van der Waals surface area contributed by atoms with E-state index in [9.17, 15) is 5.11 Å². The second-order valence-corrected chi connectivity index (χ2v) is 5.69. The lowest BCUT2D eigenvalue weighted by atomic mass is 10.1. The lowest BCUT2D eigenvalue weighted by molar-refractivity contribution is 0.144. The van der Waals surface area contributed by atoms with Crippen LogP contribution in [0.4, 0.5) is 0 Å². The smallest absolute Gasteiger partial charge is 0.0894 e. The molecule has 0 rings (SSSR count). The Kier molecular flexibility index (Phi) is 15.0. The first kappa shape index (κ1) is 20.2. The van der Waals surface area contributed by atoms with Crippen LogP contribution in [0.1, 0.15) is 70.6 Å². The van der Waals surface area contributed by atoms with E-state index in [0.29, 0.717) is 0 Å². The Morgan fingerprint density at radius 3 is 2.00 bits per heavy atom. The van der Waals surface area contributed by atoms with Gasteiger partial charge in [0.1, 0.15) is 0 Å². The summed E-state index contributed by atoms with van der Waals surface area (Å²) in [5.74, 6) is 2.68. The van der Waals surface area contributed by atoms with Crippen LogP contribution in [0.2, 0.25) is 0 Å². The summed E-state index contributed by atoms with van der Waals surface area (Å²) >= 11 is 0. The van der Waals surface area contributed by atoms with Gasteiger partial charge in [-0.15, -0.1) is 12.3 Å². The highest BCUT2D eigenvalue weighted by Gasteiger charge is 2.08. The van der Waals surface area contributed by atoms with Gasteiger partial charge < -0.3 is 15.9 Å². The second-order valence-electron chi connectivity index (χ2n) is 5.69. The highest BCUT2D eigenvalue weighted by atomic mass is 16.3. The lowest BCUT2D eigenvalue weighted by Gasteiger charge is -2.11. The quantitative estimate of drug-likeness (QED) is 0.262. The number of terminal acetylenes is 1. The molecule has 0 aliphatic rings. The fourth-order valence-corrected chi connectivity index (χ4v) is 2.21. The predicted molar refractivity (Wildman–Crippen MR) is 89.8 cm³/mol. The zero-order valence-corrected chi connectivity index (χ0v) is 13.3. The molecule has 122 valence electrons. The Balaban J connectivity index is 3.22. The van der Waals surface area contributed by atoms with Crippen molar-refractivity contribution in [2.75, 3.05) is 6.61 Å². The maximum absolute atomic E-state index is 9.51. The van der Waals surface area contributed by atoms with Crippen molar-refractivity contribution in [3.05, 3.63) is 12.2 Å². The Labute approximate surface area is 130 Å². The van der Waals surface area contributed by atoms with E-state index >= 15 is 0 Å². The number of unbranched alkanes of at least 4 members (excludes halogenated alkanes) is 10. The molecule has 2 unspecified atom stereocenters. The van der Waals surface area contributed by atoms with Crippen LogP contribution in [-0.4, -0.2) is 29.0 Å². The molecule has 2 atom stereocenters. The average molecular weight is 295 g/mol. The van der Waals surface area contributed by atoms with Gasteiger partial charge in [-0.05, 0) is 19.3 Å². The molecule has 0 radical (unpaired) electrons. The lowest BCUT2D eigenvalue weighted by Crippen LogP contribution is -2.36. The van der Waals surface area contributed by atoms with E-state index in [1.165, 1.54) is 51.4 Å². The van der Waals surface area contributed by atoms with Gasteiger partial charge in [0.05, 0.1) is 18.8 Å². The van der Waals surface area contributed by atoms with Gasteiger partial charge in [0.2, 0.25) is 0 Å². The fourth-order valence-electron chi connectivity index (χ4n) is 2.21. The third-order valence-corrected chi connectivity index (χ3v) is 3.67. The normalized spacial score (nSPS) is 14.2. The molecule has 0 saturated carbocycles. The van der Waals surface area contributed by atoms with E-state index < -0.39 is 12.1 Å². The minimum atomic E-state index is -0.732. The van der Waals surface area contributed by atoms with Gasteiger partial charge >= 0.3 is 0 Å². The molecule has 0 amide bonds. The van der Waals surface area contributed by atoms with Gasteiger partial charge in [-0.2, -0.15) is 0 Å². The molecule has 0 spiro atoms. The number of hydrogen-bond donors (Lipinski definition) is 3. The summed E-state index contributed by atoms with van der Waals surface area (Å²) in [5.41, 5.74) is 5.50. The Morgan fingerprint density at radius 2 is 1.48 bits per heavy atom. The van der Waals surface area contributed by atoms with E-state index in [2.05, 4.69) is 5.92 Å². The number of allylic oxidation sites excluding steroid dienone is 1. The summed E-state index contributed by atoms with van der Waals surface area (Å²) in [7, 11) is 0. The molecule has 0 fully saturated rings. The Morgan fingerprint density at radius 1 is 0.952 bits per heavy atom. The molecule has 3 nitrogen and oxygen atoms in total. The molecule has 0 aromatic rings. The topological polar surface area (TPSA) is 66.5 Å². The highest BCUT2D eigenvalue weighted by Crippen LogP contribution is 2.11. The first-order valence-electron chi connectivity index (χ1n) is 8.37. The van der Waals surface area contributed by atoms with Crippen molar-refractivity contribution in [2.24, 2.45) is 5.73 Å². The summed E-state index contributed by atoms with van der Waals surface area (Å²) in [4.78, 5) is 0. The largest absolute Gasteiger partial charge is 0.395 e. The van der Waals surface area contributed by atoms with Gasteiger partial charge in [-0.25, -0.2) is 0 Å². The molecule has 0 heterocycles.